The number of aryl methyl sites for hydroxylation is 1. The summed E-state index contributed by atoms with van der Waals surface area (Å²) in [5.41, 5.74) is 2.91. The average molecular weight is 262 g/mol. The van der Waals surface area contributed by atoms with Crippen LogP contribution in [0.5, 0.6) is 0 Å². The molecule has 0 aliphatic rings. The maximum atomic E-state index is 11.7. The number of nitrogens with one attached hydrogen (secondary N) is 2. The van der Waals surface area contributed by atoms with Crippen LogP contribution in [-0.4, -0.2) is 32.2 Å². The SMILES string of the molecule is C=C(C)COCCNCC(=O)Nc1ccccc1C. The van der Waals surface area contributed by atoms with E-state index in [1.54, 1.807) is 0 Å². The Morgan fingerprint density at radius 3 is 2.79 bits per heavy atom. The molecular weight excluding hydrogens is 240 g/mol. The minimum atomic E-state index is -0.0470. The van der Waals surface area contributed by atoms with Crippen molar-refractivity contribution in [2.24, 2.45) is 0 Å². The van der Waals surface area contributed by atoms with Gasteiger partial charge in [0, 0.05) is 12.2 Å². The fourth-order valence-corrected chi connectivity index (χ4v) is 1.50. The number of hydrogen-bond donors (Lipinski definition) is 2. The summed E-state index contributed by atoms with van der Waals surface area (Å²) in [5, 5.41) is 5.89. The summed E-state index contributed by atoms with van der Waals surface area (Å²) in [6.45, 7) is 9.70. The molecule has 0 aliphatic heterocycles. The molecular formula is C15H22N2O2. The van der Waals surface area contributed by atoms with Crippen LogP contribution in [0.1, 0.15) is 12.5 Å². The van der Waals surface area contributed by atoms with Gasteiger partial charge in [0.2, 0.25) is 5.91 Å². The molecule has 0 saturated carbocycles. The summed E-state index contributed by atoms with van der Waals surface area (Å²) in [5.74, 6) is -0.0470. The third-order valence-electron chi connectivity index (χ3n) is 2.48. The van der Waals surface area contributed by atoms with Crippen molar-refractivity contribution in [2.45, 2.75) is 13.8 Å². The van der Waals surface area contributed by atoms with E-state index in [1.165, 1.54) is 0 Å². The number of hydrogen-bond acceptors (Lipinski definition) is 3. The average Bonchev–Trinajstić information content (AvgIpc) is 2.36. The molecule has 0 spiro atoms. The van der Waals surface area contributed by atoms with Crippen LogP contribution in [0.2, 0.25) is 0 Å². The Balaban J connectivity index is 2.15. The highest BCUT2D eigenvalue weighted by atomic mass is 16.5. The van der Waals surface area contributed by atoms with Gasteiger partial charge < -0.3 is 15.4 Å². The van der Waals surface area contributed by atoms with Crippen LogP contribution in [0.15, 0.2) is 36.4 Å². The lowest BCUT2D eigenvalue weighted by Gasteiger charge is -2.09. The van der Waals surface area contributed by atoms with Crippen molar-refractivity contribution in [3.05, 3.63) is 42.0 Å². The summed E-state index contributed by atoms with van der Waals surface area (Å²) in [6.07, 6.45) is 0. The zero-order valence-electron chi connectivity index (χ0n) is 11.7. The molecule has 1 amide bonds. The van der Waals surface area contributed by atoms with Crippen LogP contribution in [0.3, 0.4) is 0 Å². The third kappa shape index (κ3) is 6.74. The van der Waals surface area contributed by atoms with Crippen molar-refractivity contribution < 1.29 is 9.53 Å². The van der Waals surface area contributed by atoms with Gasteiger partial charge >= 0.3 is 0 Å². The molecule has 0 atom stereocenters. The maximum Gasteiger partial charge on any atom is 0.238 e. The largest absolute Gasteiger partial charge is 0.376 e. The van der Waals surface area contributed by atoms with Crippen molar-refractivity contribution in [1.82, 2.24) is 5.32 Å². The molecule has 0 bridgehead atoms. The van der Waals surface area contributed by atoms with E-state index in [0.717, 1.165) is 16.8 Å². The molecule has 2 N–H and O–H groups in total. The van der Waals surface area contributed by atoms with E-state index in [4.69, 9.17) is 4.74 Å². The van der Waals surface area contributed by atoms with E-state index in [1.807, 2.05) is 38.1 Å². The molecule has 1 rings (SSSR count). The Morgan fingerprint density at radius 2 is 2.11 bits per heavy atom. The number of para-hydroxylation sites is 1. The summed E-state index contributed by atoms with van der Waals surface area (Å²) >= 11 is 0. The second kappa shape index (κ2) is 8.45. The van der Waals surface area contributed by atoms with Crippen LogP contribution < -0.4 is 10.6 Å². The molecule has 1 aromatic rings. The Bertz CT molecular complexity index is 430. The van der Waals surface area contributed by atoms with Gasteiger partial charge in [-0.3, -0.25) is 4.79 Å². The van der Waals surface area contributed by atoms with Gasteiger partial charge in [-0.05, 0) is 25.5 Å². The van der Waals surface area contributed by atoms with Gasteiger partial charge in [-0.2, -0.15) is 0 Å². The summed E-state index contributed by atoms with van der Waals surface area (Å²) < 4.78 is 5.32. The standard InChI is InChI=1S/C15H22N2O2/c1-12(2)11-19-9-8-16-10-15(18)17-14-7-5-4-6-13(14)3/h4-7,16H,1,8-11H2,2-3H3,(H,17,18). The predicted octanol–water partition coefficient (Wildman–Crippen LogP) is 2.12. The molecule has 0 aliphatic carbocycles. The topological polar surface area (TPSA) is 50.4 Å². The van der Waals surface area contributed by atoms with Crippen LogP contribution in [-0.2, 0) is 9.53 Å². The number of benzene rings is 1. The summed E-state index contributed by atoms with van der Waals surface area (Å²) in [4.78, 5) is 11.7. The monoisotopic (exact) mass is 262 g/mol. The highest BCUT2D eigenvalue weighted by Gasteiger charge is 2.03. The highest BCUT2D eigenvalue weighted by Crippen LogP contribution is 2.12. The van der Waals surface area contributed by atoms with E-state index in [2.05, 4.69) is 17.2 Å². The predicted molar refractivity (Wildman–Crippen MR) is 78.3 cm³/mol. The number of ether oxygens (including phenoxy) is 1. The fourth-order valence-electron chi connectivity index (χ4n) is 1.50. The van der Waals surface area contributed by atoms with Crippen LogP contribution >= 0.6 is 0 Å². The van der Waals surface area contributed by atoms with Gasteiger partial charge in [0.1, 0.15) is 0 Å². The molecule has 19 heavy (non-hydrogen) atoms. The van der Waals surface area contributed by atoms with Gasteiger partial charge in [0.15, 0.2) is 0 Å². The summed E-state index contributed by atoms with van der Waals surface area (Å²) in [7, 11) is 0. The first-order valence-electron chi connectivity index (χ1n) is 6.38. The van der Waals surface area contributed by atoms with E-state index in [0.29, 0.717) is 19.8 Å². The first kappa shape index (κ1) is 15.4. The Morgan fingerprint density at radius 1 is 1.37 bits per heavy atom. The van der Waals surface area contributed by atoms with Gasteiger partial charge in [0.25, 0.3) is 0 Å². The Labute approximate surface area is 114 Å². The quantitative estimate of drug-likeness (QED) is 0.557. The zero-order chi connectivity index (χ0) is 14.1. The van der Waals surface area contributed by atoms with Crippen molar-refractivity contribution in [2.75, 3.05) is 31.6 Å². The van der Waals surface area contributed by atoms with Crippen LogP contribution in [0.4, 0.5) is 5.69 Å². The fraction of sp³-hybridized carbons (Fsp3) is 0.400. The molecule has 0 unspecified atom stereocenters. The van der Waals surface area contributed by atoms with E-state index < -0.39 is 0 Å². The van der Waals surface area contributed by atoms with Crippen molar-refractivity contribution >= 4 is 11.6 Å². The lowest BCUT2D eigenvalue weighted by molar-refractivity contribution is -0.115. The van der Waals surface area contributed by atoms with E-state index in [-0.39, 0.29) is 12.5 Å². The smallest absolute Gasteiger partial charge is 0.238 e. The van der Waals surface area contributed by atoms with Crippen molar-refractivity contribution in [1.29, 1.82) is 0 Å². The minimum absolute atomic E-state index is 0.0470. The zero-order valence-corrected chi connectivity index (χ0v) is 11.7. The number of rotatable bonds is 8. The molecule has 4 nitrogen and oxygen atoms in total. The number of amides is 1. The number of anilines is 1. The lowest BCUT2D eigenvalue weighted by atomic mass is 10.2. The second-order valence-electron chi connectivity index (χ2n) is 4.55. The third-order valence-corrected chi connectivity index (χ3v) is 2.48. The first-order valence-corrected chi connectivity index (χ1v) is 6.38. The number of carbonyl (C=O) groups excluding carboxylic acids is 1. The van der Waals surface area contributed by atoms with Gasteiger partial charge in [-0.25, -0.2) is 0 Å². The number of carbonyl (C=O) groups is 1. The molecule has 0 saturated heterocycles. The van der Waals surface area contributed by atoms with Gasteiger partial charge in [-0.15, -0.1) is 0 Å². The molecule has 0 fully saturated rings. The highest BCUT2D eigenvalue weighted by molar-refractivity contribution is 5.92. The van der Waals surface area contributed by atoms with Crippen molar-refractivity contribution in [3.8, 4) is 0 Å². The molecule has 4 heteroatoms. The lowest BCUT2D eigenvalue weighted by Crippen LogP contribution is -2.30. The molecule has 1 aromatic carbocycles. The van der Waals surface area contributed by atoms with E-state index in [9.17, 15) is 4.79 Å². The second-order valence-corrected chi connectivity index (χ2v) is 4.55. The van der Waals surface area contributed by atoms with Crippen LogP contribution in [0, 0.1) is 6.92 Å². The molecule has 0 heterocycles. The van der Waals surface area contributed by atoms with E-state index >= 15 is 0 Å². The minimum Gasteiger partial charge on any atom is -0.376 e. The first-order chi connectivity index (χ1) is 9.09. The Kier molecular flexibility index (Phi) is 6.85. The maximum absolute atomic E-state index is 11.7. The van der Waals surface area contributed by atoms with Crippen LogP contribution in [0.25, 0.3) is 0 Å². The van der Waals surface area contributed by atoms with Gasteiger partial charge in [0.05, 0.1) is 19.8 Å². The molecule has 104 valence electrons. The van der Waals surface area contributed by atoms with Gasteiger partial charge in [-0.1, -0.05) is 30.4 Å². The molecule has 0 radical (unpaired) electrons. The molecule has 0 aromatic heterocycles. The normalized spacial score (nSPS) is 10.2. The summed E-state index contributed by atoms with van der Waals surface area (Å²) in [6, 6.07) is 7.71. The Hall–Kier alpha value is -1.65. The van der Waals surface area contributed by atoms with Crippen molar-refractivity contribution in [3.63, 3.8) is 0 Å².